The van der Waals surface area contributed by atoms with E-state index in [1.54, 1.807) is 25.5 Å². The van der Waals surface area contributed by atoms with Gasteiger partial charge in [0.1, 0.15) is 18.2 Å². The summed E-state index contributed by atoms with van der Waals surface area (Å²) in [5, 5.41) is 15.5. The molecule has 0 unspecified atom stereocenters. The molecule has 208 valence electrons. The third-order valence-corrected chi connectivity index (χ3v) is 7.16. The van der Waals surface area contributed by atoms with Crippen LogP contribution in [0.5, 0.6) is 5.75 Å². The van der Waals surface area contributed by atoms with Gasteiger partial charge in [-0.15, -0.1) is 0 Å². The highest BCUT2D eigenvalue weighted by molar-refractivity contribution is 6.30. The Hall–Kier alpha value is -3.86. The first-order valence-corrected chi connectivity index (χ1v) is 13.6. The minimum atomic E-state index is -0.419. The molecule has 2 N–H and O–H groups in total. The number of fused-ring (bicyclic) bond motifs is 1. The van der Waals surface area contributed by atoms with Crippen molar-refractivity contribution < 1.29 is 13.9 Å². The lowest BCUT2D eigenvalue weighted by molar-refractivity contribution is -0.121. The van der Waals surface area contributed by atoms with Crippen LogP contribution in [0.1, 0.15) is 6.42 Å². The molecule has 1 aliphatic heterocycles. The normalized spacial score (nSPS) is 14.3. The van der Waals surface area contributed by atoms with Gasteiger partial charge in [0.15, 0.2) is 0 Å². The number of carbonyl (C=O) groups excluding carboxylic acids is 1. The molecule has 1 saturated heterocycles. The summed E-state index contributed by atoms with van der Waals surface area (Å²) in [4.78, 5) is 20.7. The van der Waals surface area contributed by atoms with Crippen molar-refractivity contribution in [3.05, 3.63) is 71.8 Å². The lowest BCUT2D eigenvalue weighted by atomic mass is 10.1. The molecular formula is C29H31ClFN7O2. The summed E-state index contributed by atoms with van der Waals surface area (Å²) in [5.41, 5.74) is 2.94. The van der Waals surface area contributed by atoms with Crippen molar-refractivity contribution in [3.63, 3.8) is 0 Å². The van der Waals surface area contributed by atoms with Gasteiger partial charge in [0.05, 0.1) is 23.1 Å². The van der Waals surface area contributed by atoms with E-state index in [2.05, 4.69) is 35.6 Å². The van der Waals surface area contributed by atoms with Crippen LogP contribution in [0.4, 0.5) is 15.8 Å². The molecule has 0 spiro atoms. The molecule has 40 heavy (non-hydrogen) atoms. The van der Waals surface area contributed by atoms with Gasteiger partial charge in [-0.05, 0) is 42.5 Å². The number of hydrogen-bond acceptors (Lipinski definition) is 8. The molecule has 2 aromatic heterocycles. The number of aromatic nitrogens is 3. The predicted molar refractivity (Wildman–Crippen MR) is 155 cm³/mol. The number of piperazine rings is 1. The fourth-order valence-corrected chi connectivity index (χ4v) is 4.83. The maximum Gasteiger partial charge on any atom is 0.221 e. The first kappa shape index (κ1) is 27.7. The largest absolute Gasteiger partial charge is 0.492 e. The van der Waals surface area contributed by atoms with Crippen molar-refractivity contribution in [1.82, 2.24) is 30.3 Å². The van der Waals surface area contributed by atoms with E-state index in [1.165, 1.54) is 18.2 Å². The van der Waals surface area contributed by atoms with Crippen LogP contribution in [0.25, 0.3) is 22.2 Å². The first-order chi connectivity index (χ1) is 19.5. The van der Waals surface area contributed by atoms with Crippen molar-refractivity contribution >= 4 is 39.8 Å². The van der Waals surface area contributed by atoms with Gasteiger partial charge in [-0.1, -0.05) is 11.6 Å². The van der Waals surface area contributed by atoms with Crippen LogP contribution in [0.2, 0.25) is 5.02 Å². The second kappa shape index (κ2) is 13.0. The molecule has 5 rings (SSSR count). The van der Waals surface area contributed by atoms with Crippen LogP contribution in [0.3, 0.4) is 0 Å². The van der Waals surface area contributed by atoms with Crippen LogP contribution in [-0.4, -0.2) is 83.8 Å². The molecule has 0 saturated carbocycles. The fourth-order valence-electron chi connectivity index (χ4n) is 4.66. The van der Waals surface area contributed by atoms with E-state index in [-0.39, 0.29) is 11.5 Å². The average Bonchev–Trinajstić information content (AvgIpc) is 2.98. The van der Waals surface area contributed by atoms with Crippen molar-refractivity contribution in [1.29, 1.82) is 0 Å². The number of anilines is 2. The third kappa shape index (κ3) is 7.01. The number of rotatable bonds is 10. The molecule has 3 heterocycles. The van der Waals surface area contributed by atoms with E-state index >= 15 is 0 Å². The highest BCUT2D eigenvalue weighted by Crippen LogP contribution is 2.30. The van der Waals surface area contributed by atoms with E-state index < -0.39 is 5.82 Å². The topological polar surface area (TPSA) is 95.5 Å². The third-order valence-electron chi connectivity index (χ3n) is 6.93. The zero-order chi connectivity index (χ0) is 27.9. The molecule has 1 fully saturated rings. The van der Waals surface area contributed by atoms with Crippen molar-refractivity contribution in [2.75, 3.05) is 58.2 Å². The molecule has 0 atom stereocenters. The number of pyridine rings is 1. The zero-order valence-electron chi connectivity index (χ0n) is 22.2. The number of benzene rings is 2. The summed E-state index contributed by atoms with van der Waals surface area (Å²) in [6, 6.07) is 13.8. The van der Waals surface area contributed by atoms with Crippen LogP contribution in [0.15, 0.2) is 60.9 Å². The molecule has 2 aromatic carbocycles. The Balaban J connectivity index is 1.18. The number of hydrogen-bond donors (Lipinski definition) is 2. The van der Waals surface area contributed by atoms with Gasteiger partial charge in [0, 0.05) is 86.7 Å². The minimum Gasteiger partial charge on any atom is -0.492 e. The van der Waals surface area contributed by atoms with Gasteiger partial charge in [-0.25, -0.2) is 4.39 Å². The van der Waals surface area contributed by atoms with Crippen LogP contribution in [0, 0.1) is 5.82 Å². The van der Waals surface area contributed by atoms with Crippen molar-refractivity contribution in [2.24, 2.45) is 0 Å². The van der Waals surface area contributed by atoms with E-state index in [1.807, 2.05) is 24.3 Å². The number of ether oxygens (including phenoxy) is 1. The fraction of sp³-hybridized carbons (Fsp3) is 0.310. The maximum atomic E-state index is 14.4. The van der Waals surface area contributed by atoms with Gasteiger partial charge in [-0.2, -0.15) is 10.2 Å². The van der Waals surface area contributed by atoms with E-state index in [0.29, 0.717) is 29.4 Å². The number of amides is 1. The summed E-state index contributed by atoms with van der Waals surface area (Å²) in [5.74, 6) is 0.418. The molecule has 0 radical (unpaired) electrons. The summed E-state index contributed by atoms with van der Waals surface area (Å²) >= 11 is 6.05. The Morgan fingerprint density at radius 3 is 2.65 bits per heavy atom. The molecule has 1 aliphatic rings. The van der Waals surface area contributed by atoms with Gasteiger partial charge >= 0.3 is 0 Å². The smallest absolute Gasteiger partial charge is 0.221 e. The van der Waals surface area contributed by atoms with Crippen molar-refractivity contribution in [3.8, 4) is 17.0 Å². The second-order valence-electron chi connectivity index (χ2n) is 9.57. The van der Waals surface area contributed by atoms with Crippen LogP contribution < -0.4 is 15.4 Å². The van der Waals surface area contributed by atoms with Crippen molar-refractivity contribution in [2.45, 2.75) is 6.42 Å². The second-order valence-corrected chi connectivity index (χ2v) is 10.0. The zero-order valence-corrected chi connectivity index (χ0v) is 23.0. The Morgan fingerprint density at radius 2 is 1.85 bits per heavy atom. The van der Waals surface area contributed by atoms with Crippen LogP contribution in [-0.2, 0) is 4.79 Å². The highest BCUT2D eigenvalue weighted by Gasteiger charge is 2.17. The van der Waals surface area contributed by atoms with Gasteiger partial charge < -0.3 is 20.3 Å². The van der Waals surface area contributed by atoms with E-state index in [0.717, 1.165) is 61.6 Å². The number of carbonyl (C=O) groups is 1. The monoisotopic (exact) mass is 563 g/mol. The van der Waals surface area contributed by atoms with E-state index in [4.69, 9.17) is 16.3 Å². The predicted octanol–water partition coefficient (Wildman–Crippen LogP) is 4.36. The van der Waals surface area contributed by atoms with Gasteiger partial charge in [0.25, 0.3) is 0 Å². The van der Waals surface area contributed by atoms with Gasteiger partial charge in [-0.3, -0.25) is 14.7 Å². The molecule has 0 aliphatic carbocycles. The number of halogens is 2. The highest BCUT2D eigenvalue weighted by atomic mass is 35.5. The Morgan fingerprint density at radius 1 is 1.05 bits per heavy atom. The molecular weight excluding hydrogens is 533 g/mol. The number of nitrogens with one attached hydrogen (secondary N) is 2. The Bertz CT molecular complexity index is 1480. The molecule has 11 heteroatoms. The lowest BCUT2D eigenvalue weighted by Crippen LogP contribution is -2.48. The lowest BCUT2D eigenvalue weighted by Gasteiger charge is -2.34. The maximum absolute atomic E-state index is 14.4. The van der Waals surface area contributed by atoms with Gasteiger partial charge in [0.2, 0.25) is 5.91 Å². The summed E-state index contributed by atoms with van der Waals surface area (Å²) < 4.78 is 20.4. The SMILES string of the molecule is CNC(=O)CCN1CCN(CCOc2ccc3c(Nc4cnnc(-c5cc(Cl)ccc5F)c4)ccnc3c2)CC1. The Labute approximate surface area is 237 Å². The summed E-state index contributed by atoms with van der Waals surface area (Å²) in [7, 11) is 1.67. The molecule has 9 nitrogen and oxygen atoms in total. The average molecular weight is 564 g/mol. The quantitative estimate of drug-likeness (QED) is 0.294. The van der Waals surface area contributed by atoms with E-state index in [9.17, 15) is 9.18 Å². The van der Waals surface area contributed by atoms with Crippen LogP contribution >= 0.6 is 11.6 Å². The molecule has 1 amide bonds. The number of nitrogens with zero attached hydrogens (tertiary/aromatic N) is 5. The first-order valence-electron chi connectivity index (χ1n) is 13.2. The molecule has 0 bridgehead atoms. The summed E-state index contributed by atoms with van der Waals surface area (Å²) in [6.07, 6.45) is 3.85. The molecule has 4 aromatic rings. The standard InChI is InChI=1S/C29H31ClFN7O2/c1-32-29(39)7-9-37-10-12-38(13-11-37)14-15-40-22-3-4-23-26(6-8-33-27(23)18-22)35-21-17-28(36-34-19-21)24-16-20(30)2-5-25(24)31/h2-6,8,16-19H,7,9-15H2,1H3,(H,32,39)(H,33,35,36). The Kier molecular flexibility index (Phi) is 9.00. The summed E-state index contributed by atoms with van der Waals surface area (Å²) in [6.45, 7) is 6.03. The minimum absolute atomic E-state index is 0.0811.